The standard InChI is InChI=1S/C9H15NO3/c1-9(10,6-2-3-6)8(11)13-7-4-12-5-7/h6-7H,2-5,10H2,1H3. The van der Waals surface area contributed by atoms with Gasteiger partial charge < -0.3 is 15.2 Å². The highest BCUT2D eigenvalue weighted by atomic mass is 16.6. The van der Waals surface area contributed by atoms with E-state index in [4.69, 9.17) is 15.2 Å². The van der Waals surface area contributed by atoms with Crippen LogP contribution in [0.1, 0.15) is 19.8 Å². The molecule has 2 aliphatic rings. The largest absolute Gasteiger partial charge is 0.456 e. The average molecular weight is 185 g/mol. The molecule has 1 aliphatic heterocycles. The third-order valence-electron chi connectivity index (χ3n) is 2.75. The zero-order chi connectivity index (χ0) is 9.47. The maximum Gasteiger partial charge on any atom is 0.326 e. The van der Waals surface area contributed by atoms with Crippen LogP contribution in [0.15, 0.2) is 0 Å². The first-order chi connectivity index (χ1) is 6.10. The van der Waals surface area contributed by atoms with Crippen molar-refractivity contribution in [2.75, 3.05) is 13.2 Å². The van der Waals surface area contributed by atoms with Gasteiger partial charge in [0.05, 0.1) is 13.2 Å². The van der Waals surface area contributed by atoms with Gasteiger partial charge in [0.2, 0.25) is 0 Å². The maximum absolute atomic E-state index is 11.5. The van der Waals surface area contributed by atoms with Crippen molar-refractivity contribution >= 4 is 5.97 Å². The summed E-state index contributed by atoms with van der Waals surface area (Å²) in [6.45, 7) is 2.80. The first-order valence-electron chi connectivity index (χ1n) is 4.68. The molecule has 0 aromatic rings. The van der Waals surface area contributed by atoms with Gasteiger partial charge in [0.15, 0.2) is 0 Å². The van der Waals surface area contributed by atoms with Crippen molar-refractivity contribution < 1.29 is 14.3 Å². The number of carbonyl (C=O) groups excluding carboxylic acids is 1. The molecule has 1 heterocycles. The minimum absolute atomic E-state index is 0.0610. The second kappa shape index (κ2) is 2.96. The van der Waals surface area contributed by atoms with Gasteiger partial charge >= 0.3 is 5.97 Å². The SMILES string of the molecule is CC(N)(C(=O)OC1COC1)C1CC1. The lowest BCUT2D eigenvalue weighted by atomic mass is 9.98. The monoisotopic (exact) mass is 185 g/mol. The molecular formula is C9H15NO3. The molecule has 2 N–H and O–H groups in total. The molecule has 74 valence electrons. The third kappa shape index (κ3) is 1.69. The Bertz CT molecular complexity index is 219. The summed E-state index contributed by atoms with van der Waals surface area (Å²) >= 11 is 0. The first kappa shape index (κ1) is 8.97. The van der Waals surface area contributed by atoms with Gasteiger partial charge in [0.1, 0.15) is 11.6 Å². The van der Waals surface area contributed by atoms with E-state index in [2.05, 4.69) is 0 Å². The van der Waals surface area contributed by atoms with Crippen molar-refractivity contribution in [2.24, 2.45) is 11.7 Å². The molecule has 0 aromatic heterocycles. The minimum atomic E-state index is -0.782. The van der Waals surface area contributed by atoms with Crippen LogP contribution in [-0.2, 0) is 14.3 Å². The van der Waals surface area contributed by atoms with Gasteiger partial charge in [-0.2, -0.15) is 0 Å². The molecule has 1 unspecified atom stereocenters. The lowest BCUT2D eigenvalue weighted by molar-refractivity contribution is -0.178. The summed E-state index contributed by atoms with van der Waals surface area (Å²) < 4.78 is 10.1. The highest BCUT2D eigenvalue weighted by Crippen LogP contribution is 2.38. The quantitative estimate of drug-likeness (QED) is 0.631. The number of rotatable bonds is 3. The van der Waals surface area contributed by atoms with E-state index >= 15 is 0 Å². The fourth-order valence-electron chi connectivity index (χ4n) is 1.41. The highest BCUT2D eigenvalue weighted by Gasteiger charge is 2.46. The molecule has 1 saturated heterocycles. The zero-order valence-corrected chi connectivity index (χ0v) is 7.79. The number of esters is 1. The lowest BCUT2D eigenvalue weighted by Gasteiger charge is -2.30. The molecule has 0 bridgehead atoms. The molecular weight excluding hydrogens is 170 g/mol. The molecule has 1 aliphatic carbocycles. The molecule has 0 spiro atoms. The smallest absolute Gasteiger partial charge is 0.326 e. The summed E-state index contributed by atoms with van der Waals surface area (Å²) in [5.74, 6) is 0.0456. The van der Waals surface area contributed by atoms with Gasteiger partial charge in [-0.25, -0.2) is 0 Å². The van der Waals surface area contributed by atoms with Gasteiger partial charge in [-0.3, -0.25) is 4.79 Å². The topological polar surface area (TPSA) is 61.6 Å². The number of ether oxygens (including phenoxy) is 2. The Balaban J connectivity index is 1.86. The predicted molar refractivity (Wildman–Crippen MR) is 46.0 cm³/mol. The van der Waals surface area contributed by atoms with Crippen molar-refractivity contribution in [3.63, 3.8) is 0 Å². The van der Waals surface area contributed by atoms with Crippen molar-refractivity contribution in [3.05, 3.63) is 0 Å². The van der Waals surface area contributed by atoms with E-state index in [9.17, 15) is 4.79 Å². The summed E-state index contributed by atoms with van der Waals surface area (Å²) in [6, 6.07) is 0. The summed E-state index contributed by atoms with van der Waals surface area (Å²) in [4.78, 5) is 11.5. The van der Waals surface area contributed by atoms with E-state index in [0.29, 0.717) is 19.1 Å². The lowest BCUT2D eigenvalue weighted by Crippen LogP contribution is -2.51. The van der Waals surface area contributed by atoms with E-state index in [1.54, 1.807) is 6.92 Å². The van der Waals surface area contributed by atoms with Crippen LogP contribution in [0.3, 0.4) is 0 Å². The van der Waals surface area contributed by atoms with Crippen molar-refractivity contribution in [2.45, 2.75) is 31.4 Å². The van der Waals surface area contributed by atoms with Crippen LogP contribution >= 0.6 is 0 Å². The Labute approximate surface area is 77.4 Å². The van der Waals surface area contributed by atoms with Crippen LogP contribution in [-0.4, -0.2) is 30.8 Å². The molecule has 13 heavy (non-hydrogen) atoms. The van der Waals surface area contributed by atoms with Gasteiger partial charge in [0, 0.05) is 0 Å². The number of hydrogen-bond acceptors (Lipinski definition) is 4. The minimum Gasteiger partial charge on any atom is -0.456 e. The van der Waals surface area contributed by atoms with Crippen LogP contribution < -0.4 is 5.73 Å². The van der Waals surface area contributed by atoms with Crippen LogP contribution in [0.5, 0.6) is 0 Å². The Hall–Kier alpha value is -0.610. The fourth-order valence-corrected chi connectivity index (χ4v) is 1.41. The van der Waals surface area contributed by atoms with Crippen molar-refractivity contribution in [1.82, 2.24) is 0 Å². The normalized spacial score (nSPS) is 27.5. The van der Waals surface area contributed by atoms with Crippen LogP contribution in [0, 0.1) is 5.92 Å². The van der Waals surface area contributed by atoms with Crippen molar-refractivity contribution in [3.8, 4) is 0 Å². The Morgan fingerprint density at radius 3 is 2.54 bits per heavy atom. The third-order valence-corrected chi connectivity index (χ3v) is 2.75. The summed E-state index contributed by atoms with van der Waals surface area (Å²) in [5, 5.41) is 0. The second-order valence-electron chi connectivity index (χ2n) is 4.12. The second-order valence-corrected chi connectivity index (χ2v) is 4.12. The number of nitrogens with two attached hydrogens (primary N) is 1. The van der Waals surface area contributed by atoms with Crippen LogP contribution in [0.25, 0.3) is 0 Å². The predicted octanol–water partition coefficient (Wildman–Crippen LogP) is 0.0558. The molecule has 1 saturated carbocycles. The number of carbonyl (C=O) groups is 1. The Kier molecular flexibility index (Phi) is 2.04. The van der Waals surface area contributed by atoms with E-state index in [1.165, 1.54) is 0 Å². The Morgan fingerprint density at radius 1 is 1.54 bits per heavy atom. The fraction of sp³-hybridized carbons (Fsp3) is 0.889. The molecule has 0 amide bonds. The average Bonchev–Trinajstić information content (AvgIpc) is 2.77. The van der Waals surface area contributed by atoms with Gasteiger partial charge in [0.25, 0.3) is 0 Å². The van der Waals surface area contributed by atoms with E-state index in [1.807, 2.05) is 0 Å². The van der Waals surface area contributed by atoms with Gasteiger partial charge in [-0.1, -0.05) is 0 Å². The van der Waals surface area contributed by atoms with Crippen LogP contribution in [0.2, 0.25) is 0 Å². The molecule has 1 atom stereocenters. The molecule has 4 heteroatoms. The molecule has 2 rings (SSSR count). The first-order valence-corrected chi connectivity index (χ1v) is 4.68. The van der Waals surface area contributed by atoms with E-state index < -0.39 is 5.54 Å². The molecule has 0 radical (unpaired) electrons. The summed E-state index contributed by atoms with van der Waals surface area (Å²) in [5.41, 5.74) is 5.10. The molecule has 0 aromatic carbocycles. The highest BCUT2D eigenvalue weighted by molar-refractivity contribution is 5.81. The Morgan fingerprint density at radius 2 is 2.15 bits per heavy atom. The van der Waals surface area contributed by atoms with Gasteiger partial charge in [-0.15, -0.1) is 0 Å². The van der Waals surface area contributed by atoms with Gasteiger partial charge in [-0.05, 0) is 25.7 Å². The van der Waals surface area contributed by atoms with Crippen LogP contribution in [0.4, 0.5) is 0 Å². The van der Waals surface area contributed by atoms with E-state index in [-0.39, 0.29) is 12.1 Å². The maximum atomic E-state index is 11.5. The molecule has 2 fully saturated rings. The zero-order valence-electron chi connectivity index (χ0n) is 7.79. The summed E-state index contributed by atoms with van der Waals surface area (Å²) in [6.07, 6.45) is 2.03. The number of hydrogen-bond donors (Lipinski definition) is 1. The summed E-state index contributed by atoms with van der Waals surface area (Å²) in [7, 11) is 0. The molecule has 4 nitrogen and oxygen atoms in total. The van der Waals surface area contributed by atoms with E-state index in [0.717, 1.165) is 12.8 Å². The van der Waals surface area contributed by atoms with Crippen molar-refractivity contribution in [1.29, 1.82) is 0 Å².